The fourth-order valence-corrected chi connectivity index (χ4v) is 2.42. The number of urea groups is 1. The zero-order valence-electron chi connectivity index (χ0n) is 9.82. The summed E-state index contributed by atoms with van der Waals surface area (Å²) in [5.41, 5.74) is 0.502. The average Bonchev–Trinajstić information content (AvgIpc) is 2.28. The molecule has 0 aromatic heterocycles. The van der Waals surface area contributed by atoms with E-state index in [1.54, 1.807) is 18.2 Å². The Morgan fingerprint density at radius 1 is 1.37 bits per heavy atom. The van der Waals surface area contributed by atoms with Gasteiger partial charge in [0.15, 0.2) is 0 Å². The van der Waals surface area contributed by atoms with Crippen molar-refractivity contribution in [3.63, 3.8) is 0 Å². The summed E-state index contributed by atoms with van der Waals surface area (Å²) in [6.45, 7) is 0. The predicted octanol–water partition coefficient (Wildman–Crippen LogP) is 3.09. The Labute approximate surface area is 123 Å². The first-order chi connectivity index (χ1) is 8.97. The fourth-order valence-electron chi connectivity index (χ4n) is 1.88. The van der Waals surface area contributed by atoms with Gasteiger partial charge in [0, 0.05) is 10.5 Å². The van der Waals surface area contributed by atoms with Crippen LogP contribution in [0.3, 0.4) is 0 Å². The monoisotopic (exact) mass is 346 g/mol. The highest BCUT2D eigenvalue weighted by molar-refractivity contribution is 9.10. The van der Waals surface area contributed by atoms with Crippen LogP contribution in [0.15, 0.2) is 22.7 Å². The Morgan fingerprint density at radius 3 is 2.68 bits per heavy atom. The Bertz CT molecular complexity index is 518. The van der Waals surface area contributed by atoms with Crippen molar-refractivity contribution in [2.75, 3.05) is 5.32 Å². The molecule has 2 rings (SSSR count). The molecule has 0 bridgehead atoms. The van der Waals surface area contributed by atoms with E-state index in [9.17, 15) is 9.59 Å². The van der Waals surface area contributed by atoms with Crippen LogP contribution in [-0.4, -0.2) is 23.1 Å². The summed E-state index contributed by atoms with van der Waals surface area (Å²) < 4.78 is 0.696. The number of halogens is 2. The summed E-state index contributed by atoms with van der Waals surface area (Å²) in [4.78, 5) is 22.3. The molecule has 1 aliphatic rings. The number of aliphatic carboxylic acids is 1. The van der Waals surface area contributed by atoms with E-state index in [2.05, 4.69) is 26.6 Å². The minimum absolute atomic E-state index is 0.0907. The van der Waals surface area contributed by atoms with Gasteiger partial charge in [-0.05, 0) is 40.9 Å². The number of anilines is 1. The third-order valence-electron chi connectivity index (χ3n) is 3.02. The highest BCUT2D eigenvalue weighted by Gasteiger charge is 2.35. The van der Waals surface area contributed by atoms with E-state index in [1.807, 2.05) is 0 Å². The third-order valence-corrected chi connectivity index (χ3v) is 4.32. The zero-order chi connectivity index (χ0) is 14.0. The molecule has 1 aliphatic carbocycles. The molecule has 2 amide bonds. The van der Waals surface area contributed by atoms with E-state index in [0.29, 0.717) is 28.0 Å². The van der Waals surface area contributed by atoms with Crippen molar-refractivity contribution in [3.05, 3.63) is 27.7 Å². The number of amides is 2. The standard InChI is InChI=1S/C12H12BrClN2O3/c13-8-2-1-3-9(10(8)14)16-12(19)15-7-4-6(5-7)11(17)18/h1-3,6-7H,4-5H2,(H,17,18)(H2,15,16,19). The van der Waals surface area contributed by atoms with Crippen molar-refractivity contribution >= 4 is 45.2 Å². The highest BCUT2D eigenvalue weighted by Crippen LogP contribution is 2.30. The second kappa shape index (κ2) is 5.79. The van der Waals surface area contributed by atoms with Gasteiger partial charge in [0.25, 0.3) is 0 Å². The van der Waals surface area contributed by atoms with Crippen molar-refractivity contribution in [3.8, 4) is 0 Å². The zero-order valence-corrected chi connectivity index (χ0v) is 12.2. The molecule has 0 heterocycles. The van der Waals surface area contributed by atoms with Gasteiger partial charge in [-0.25, -0.2) is 4.79 Å². The van der Waals surface area contributed by atoms with E-state index < -0.39 is 5.97 Å². The van der Waals surface area contributed by atoms with E-state index in [1.165, 1.54) is 0 Å². The molecule has 3 N–H and O–H groups in total. The Kier molecular flexibility index (Phi) is 4.31. The van der Waals surface area contributed by atoms with Gasteiger partial charge in [-0.2, -0.15) is 0 Å². The number of hydrogen-bond donors (Lipinski definition) is 3. The maximum Gasteiger partial charge on any atom is 0.319 e. The molecule has 0 atom stereocenters. The van der Waals surface area contributed by atoms with Gasteiger partial charge in [-0.3, -0.25) is 4.79 Å². The largest absolute Gasteiger partial charge is 0.481 e. The van der Waals surface area contributed by atoms with E-state index >= 15 is 0 Å². The van der Waals surface area contributed by atoms with E-state index in [4.69, 9.17) is 16.7 Å². The number of carbonyl (C=O) groups is 2. The lowest BCUT2D eigenvalue weighted by atomic mass is 9.80. The summed E-state index contributed by atoms with van der Waals surface area (Å²) in [5.74, 6) is -1.16. The van der Waals surface area contributed by atoms with Gasteiger partial charge in [0.2, 0.25) is 0 Å². The lowest BCUT2D eigenvalue weighted by Crippen LogP contribution is -2.48. The van der Waals surface area contributed by atoms with Gasteiger partial charge in [0.1, 0.15) is 0 Å². The second-order valence-electron chi connectivity index (χ2n) is 4.40. The summed E-state index contributed by atoms with van der Waals surface area (Å²) in [6.07, 6.45) is 0.934. The van der Waals surface area contributed by atoms with Crippen molar-refractivity contribution in [1.29, 1.82) is 0 Å². The molecule has 0 saturated heterocycles. The van der Waals surface area contributed by atoms with Crippen molar-refractivity contribution in [2.45, 2.75) is 18.9 Å². The third kappa shape index (κ3) is 3.39. The first-order valence-electron chi connectivity index (χ1n) is 5.71. The summed E-state index contributed by atoms with van der Waals surface area (Å²) in [7, 11) is 0. The maximum atomic E-state index is 11.7. The molecular formula is C12H12BrClN2O3. The Hall–Kier alpha value is -1.27. The molecular weight excluding hydrogens is 336 g/mol. The second-order valence-corrected chi connectivity index (χ2v) is 5.64. The number of carboxylic acid groups (broad SMARTS) is 1. The minimum Gasteiger partial charge on any atom is -0.481 e. The lowest BCUT2D eigenvalue weighted by molar-refractivity contribution is -0.145. The summed E-state index contributed by atoms with van der Waals surface area (Å²) in [6, 6.07) is 4.75. The van der Waals surface area contributed by atoms with Crippen molar-refractivity contribution in [2.24, 2.45) is 5.92 Å². The molecule has 19 heavy (non-hydrogen) atoms. The molecule has 0 aliphatic heterocycles. The van der Waals surface area contributed by atoms with E-state index in [0.717, 1.165) is 0 Å². The molecule has 0 unspecified atom stereocenters. The first-order valence-corrected chi connectivity index (χ1v) is 6.89. The van der Waals surface area contributed by atoms with Crippen LogP contribution in [0.5, 0.6) is 0 Å². The molecule has 0 radical (unpaired) electrons. The van der Waals surface area contributed by atoms with Crippen LogP contribution < -0.4 is 10.6 Å². The molecule has 1 aromatic rings. The maximum absolute atomic E-state index is 11.7. The van der Waals surface area contributed by atoms with Crippen LogP contribution in [0.25, 0.3) is 0 Å². The van der Waals surface area contributed by atoms with Gasteiger partial charge in [-0.15, -0.1) is 0 Å². The normalized spacial score (nSPS) is 21.4. The van der Waals surface area contributed by atoms with E-state index in [-0.39, 0.29) is 18.0 Å². The van der Waals surface area contributed by atoms with Crippen LogP contribution in [0.4, 0.5) is 10.5 Å². The van der Waals surface area contributed by atoms with Gasteiger partial charge >= 0.3 is 12.0 Å². The summed E-state index contributed by atoms with van der Waals surface area (Å²) in [5, 5.41) is 14.5. The van der Waals surface area contributed by atoms with Gasteiger partial charge in [0.05, 0.1) is 16.6 Å². The molecule has 1 saturated carbocycles. The lowest BCUT2D eigenvalue weighted by Gasteiger charge is -2.32. The highest BCUT2D eigenvalue weighted by atomic mass is 79.9. The molecule has 7 heteroatoms. The molecule has 0 spiro atoms. The number of rotatable bonds is 3. The molecule has 5 nitrogen and oxygen atoms in total. The molecule has 1 fully saturated rings. The van der Waals surface area contributed by atoms with Crippen molar-refractivity contribution in [1.82, 2.24) is 5.32 Å². The fraction of sp³-hybridized carbons (Fsp3) is 0.333. The molecule has 1 aromatic carbocycles. The van der Waals surface area contributed by atoms with Crippen LogP contribution >= 0.6 is 27.5 Å². The van der Waals surface area contributed by atoms with Crippen LogP contribution in [0.2, 0.25) is 5.02 Å². The first kappa shape index (κ1) is 14.1. The number of carboxylic acids is 1. The van der Waals surface area contributed by atoms with Gasteiger partial charge < -0.3 is 15.7 Å². The minimum atomic E-state index is -0.812. The summed E-state index contributed by atoms with van der Waals surface area (Å²) >= 11 is 9.29. The van der Waals surface area contributed by atoms with Crippen LogP contribution in [-0.2, 0) is 4.79 Å². The van der Waals surface area contributed by atoms with Crippen LogP contribution in [0.1, 0.15) is 12.8 Å². The number of hydrogen-bond acceptors (Lipinski definition) is 2. The quantitative estimate of drug-likeness (QED) is 0.786. The topological polar surface area (TPSA) is 78.4 Å². The number of nitrogens with one attached hydrogen (secondary N) is 2. The number of benzene rings is 1. The average molecular weight is 348 g/mol. The van der Waals surface area contributed by atoms with Crippen molar-refractivity contribution < 1.29 is 14.7 Å². The number of carbonyl (C=O) groups excluding carboxylic acids is 1. The SMILES string of the molecule is O=C(Nc1cccc(Br)c1Cl)NC1CC(C(=O)O)C1. The smallest absolute Gasteiger partial charge is 0.319 e. The Morgan fingerprint density at radius 2 is 2.05 bits per heavy atom. The Balaban J connectivity index is 1.86. The predicted molar refractivity (Wildman–Crippen MR) is 75.5 cm³/mol. The molecule has 102 valence electrons. The van der Waals surface area contributed by atoms with Crippen LogP contribution in [0, 0.1) is 5.92 Å². The van der Waals surface area contributed by atoms with Gasteiger partial charge in [-0.1, -0.05) is 17.7 Å².